The Hall–Kier alpha value is -4.20. The third-order valence-corrected chi connectivity index (χ3v) is 6.91. The second-order valence-corrected chi connectivity index (χ2v) is 9.31. The van der Waals surface area contributed by atoms with E-state index in [2.05, 4.69) is 15.5 Å². The van der Waals surface area contributed by atoms with Crippen LogP contribution in [0.25, 0.3) is 0 Å². The summed E-state index contributed by atoms with van der Waals surface area (Å²) < 4.78 is 5.50. The number of aromatic carboxylic acids is 1. The van der Waals surface area contributed by atoms with Crippen LogP contribution in [0, 0.1) is 13.8 Å². The number of hydrogen-bond acceptors (Lipinski definition) is 8. The average molecular weight is 525 g/mol. The molecule has 0 aliphatic carbocycles. The van der Waals surface area contributed by atoms with Crippen LogP contribution in [0.15, 0.2) is 18.2 Å². The van der Waals surface area contributed by atoms with Crippen molar-refractivity contribution in [1.29, 1.82) is 0 Å². The first kappa shape index (κ1) is 26.9. The number of aromatic amines is 1. The molecule has 2 aromatic rings. The molecule has 0 saturated carbocycles. The van der Waals surface area contributed by atoms with Crippen molar-refractivity contribution in [3.63, 3.8) is 0 Å². The largest absolute Gasteiger partial charge is 0.535 e. The maximum atomic E-state index is 13.6. The van der Waals surface area contributed by atoms with Crippen LogP contribution < -0.4 is 9.97 Å². The lowest BCUT2D eigenvalue weighted by molar-refractivity contribution is -0.153. The number of fused-ring (bicyclic) bond motifs is 1. The molecule has 0 spiro atoms. The maximum absolute atomic E-state index is 13.6. The second-order valence-electron chi connectivity index (χ2n) is 9.31. The Balaban J connectivity index is 1.57. The van der Waals surface area contributed by atoms with Crippen LogP contribution in [0.2, 0.25) is 5.82 Å². The van der Waals surface area contributed by atoms with Crippen molar-refractivity contribution in [3.8, 4) is 5.75 Å². The Morgan fingerprint density at radius 3 is 2.61 bits per heavy atom. The highest BCUT2D eigenvalue weighted by Gasteiger charge is 2.41. The van der Waals surface area contributed by atoms with Gasteiger partial charge >= 0.3 is 30.9 Å². The molecule has 4 N–H and O–H groups in total. The number of aryl methyl sites for hydroxylation is 2. The Labute approximate surface area is 218 Å². The monoisotopic (exact) mass is 525 g/mol. The Bertz CT molecular complexity index is 1290. The van der Waals surface area contributed by atoms with Gasteiger partial charge in [0.1, 0.15) is 11.8 Å². The minimum atomic E-state index is -1.46. The summed E-state index contributed by atoms with van der Waals surface area (Å²) in [5.74, 6) is -4.15. The standard InChI is InChI=1S/C24H28BN5O8/c1-4-29-8-9-30(22(33)21(29)32)24(36)26-19(18-12(2)27-28-13(18)3)17(31)11-15-10-14-6-5-7-16(23(34)35)20(14)38-25(15)37/h5-7,15,19,37H,4,8-11H2,1-3H3,(H,26,36)(H,27,28)(H,34,35)/t15-,19?/m1/s1. The van der Waals surface area contributed by atoms with Gasteiger partial charge in [0.2, 0.25) is 0 Å². The molecule has 3 heterocycles. The van der Waals surface area contributed by atoms with E-state index in [9.17, 15) is 34.1 Å². The fourth-order valence-corrected chi connectivity index (χ4v) is 4.87. The third kappa shape index (κ3) is 4.99. The van der Waals surface area contributed by atoms with Crippen LogP contribution >= 0.6 is 0 Å². The van der Waals surface area contributed by atoms with Crippen molar-refractivity contribution < 1.29 is 38.8 Å². The van der Waals surface area contributed by atoms with Crippen molar-refractivity contribution in [1.82, 2.24) is 25.3 Å². The van der Waals surface area contributed by atoms with Gasteiger partial charge in [0.15, 0.2) is 5.78 Å². The number of carbonyl (C=O) groups is 5. The molecule has 2 aliphatic heterocycles. The van der Waals surface area contributed by atoms with Gasteiger partial charge in [-0.2, -0.15) is 5.10 Å². The molecule has 4 rings (SSSR count). The van der Waals surface area contributed by atoms with Crippen molar-refractivity contribution in [2.45, 2.75) is 45.5 Å². The van der Waals surface area contributed by atoms with E-state index in [1.807, 2.05) is 0 Å². The first-order valence-electron chi connectivity index (χ1n) is 12.2. The molecule has 2 aliphatic rings. The summed E-state index contributed by atoms with van der Waals surface area (Å²) in [4.78, 5) is 65.2. The number of hydrogen-bond donors (Lipinski definition) is 4. The van der Waals surface area contributed by atoms with Crippen molar-refractivity contribution in [3.05, 3.63) is 46.3 Å². The number of benzene rings is 1. The first-order chi connectivity index (χ1) is 18.0. The smallest absolute Gasteiger partial charge is 0.526 e. The number of nitrogens with one attached hydrogen (secondary N) is 2. The maximum Gasteiger partial charge on any atom is 0.526 e. The number of amides is 4. The highest BCUT2D eigenvalue weighted by molar-refractivity contribution is 6.47. The number of rotatable bonds is 7. The molecule has 0 bridgehead atoms. The topological polar surface area (TPSA) is 182 Å². The molecule has 0 radical (unpaired) electrons. The normalized spacial score (nSPS) is 18.1. The van der Waals surface area contributed by atoms with Gasteiger partial charge in [0.05, 0.1) is 11.3 Å². The van der Waals surface area contributed by atoms with E-state index in [-0.39, 0.29) is 37.2 Å². The number of carboxylic acid groups (broad SMARTS) is 1. The van der Waals surface area contributed by atoms with Gasteiger partial charge in [-0.15, -0.1) is 0 Å². The van der Waals surface area contributed by atoms with Gasteiger partial charge in [-0.25, -0.2) is 9.59 Å². The third-order valence-electron chi connectivity index (χ3n) is 6.91. The lowest BCUT2D eigenvalue weighted by Gasteiger charge is -2.33. The van der Waals surface area contributed by atoms with Crippen molar-refractivity contribution >= 4 is 36.7 Å². The molecule has 1 aromatic heterocycles. The molecule has 1 aromatic carbocycles. The van der Waals surface area contributed by atoms with E-state index in [1.54, 1.807) is 32.9 Å². The molecule has 13 nitrogen and oxygen atoms in total. The van der Waals surface area contributed by atoms with Crippen LogP contribution in [0.3, 0.4) is 0 Å². The average Bonchev–Trinajstić information content (AvgIpc) is 3.21. The molecule has 200 valence electrons. The molecule has 1 fully saturated rings. The van der Waals surface area contributed by atoms with Crippen LogP contribution in [0.5, 0.6) is 5.75 Å². The van der Waals surface area contributed by atoms with Crippen LogP contribution in [0.4, 0.5) is 4.79 Å². The zero-order valence-electron chi connectivity index (χ0n) is 21.2. The number of nitrogens with zero attached hydrogens (tertiary/aromatic N) is 3. The van der Waals surface area contributed by atoms with Crippen LogP contribution in [-0.4, -0.2) is 86.5 Å². The van der Waals surface area contributed by atoms with Gasteiger partial charge < -0.3 is 25.0 Å². The van der Waals surface area contributed by atoms with Crippen LogP contribution in [-0.2, 0) is 20.8 Å². The number of carbonyl (C=O) groups excluding carboxylic acids is 4. The van der Waals surface area contributed by atoms with Gasteiger partial charge in [-0.1, -0.05) is 12.1 Å². The lowest BCUT2D eigenvalue weighted by atomic mass is 9.64. The van der Waals surface area contributed by atoms with E-state index in [4.69, 9.17) is 4.65 Å². The number of piperazine rings is 1. The minimum absolute atomic E-state index is 0.0214. The number of ketones is 1. The number of para-hydroxylation sites is 1. The number of H-pyrrole nitrogens is 1. The second kappa shape index (κ2) is 10.7. The van der Waals surface area contributed by atoms with E-state index in [0.29, 0.717) is 29.1 Å². The quantitative estimate of drug-likeness (QED) is 0.297. The predicted molar refractivity (Wildman–Crippen MR) is 132 cm³/mol. The molecular weight excluding hydrogens is 497 g/mol. The number of likely N-dealkylation sites (N-methyl/N-ethyl adjacent to an activating group) is 1. The number of urea groups is 1. The summed E-state index contributed by atoms with van der Waals surface area (Å²) in [6.45, 7) is 5.55. The molecule has 4 amide bonds. The SMILES string of the molecule is CCN1CCN(C(=O)NC(C(=O)C[C@H]2Cc3cccc(C(=O)O)c3OB2O)c2c(C)n[nH]c2C)C(=O)C1=O. The molecule has 38 heavy (non-hydrogen) atoms. The summed E-state index contributed by atoms with van der Waals surface area (Å²) in [6.07, 6.45) is -0.0667. The van der Waals surface area contributed by atoms with Gasteiger partial charge in [-0.3, -0.25) is 24.4 Å². The molecule has 2 atom stereocenters. The summed E-state index contributed by atoms with van der Waals surface area (Å²) in [7, 11) is -1.46. The van der Waals surface area contributed by atoms with Gasteiger partial charge in [0, 0.05) is 43.1 Å². The highest BCUT2D eigenvalue weighted by atomic mass is 16.5. The first-order valence-corrected chi connectivity index (χ1v) is 12.2. The Morgan fingerprint density at radius 1 is 1.24 bits per heavy atom. The molecule has 1 unspecified atom stereocenters. The number of Topliss-reactive ketones (excluding diaryl/α,β-unsaturated/α-hetero) is 1. The number of imide groups is 1. The van der Waals surface area contributed by atoms with Crippen molar-refractivity contribution in [2.75, 3.05) is 19.6 Å². The number of carboxylic acids is 1. The lowest BCUT2D eigenvalue weighted by Crippen LogP contribution is -2.58. The number of aromatic nitrogens is 2. The van der Waals surface area contributed by atoms with E-state index in [0.717, 1.165) is 4.90 Å². The van der Waals surface area contributed by atoms with E-state index < -0.39 is 48.6 Å². The molecular formula is C24H28BN5O8. The predicted octanol–water partition coefficient (Wildman–Crippen LogP) is 0.611. The summed E-state index contributed by atoms with van der Waals surface area (Å²) >= 11 is 0. The summed E-state index contributed by atoms with van der Waals surface area (Å²) in [6, 6.07) is 2.46. The van der Waals surface area contributed by atoms with E-state index >= 15 is 0 Å². The summed E-state index contributed by atoms with van der Waals surface area (Å²) in [5.41, 5.74) is 1.83. The fourth-order valence-electron chi connectivity index (χ4n) is 4.87. The Morgan fingerprint density at radius 2 is 1.97 bits per heavy atom. The molecule has 1 saturated heterocycles. The zero-order valence-corrected chi connectivity index (χ0v) is 21.2. The van der Waals surface area contributed by atoms with Gasteiger partial charge in [-0.05, 0) is 38.8 Å². The summed E-state index contributed by atoms with van der Waals surface area (Å²) in [5, 5.41) is 29.5. The van der Waals surface area contributed by atoms with Gasteiger partial charge in [0.25, 0.3) is 0 Å². The van der Waals surface area contributed by atoms with Crippen molar-refractivity contribution in [2.24, 2.45) is 0 Å². The fraction of sp³-hybridized carbons (Fsp3) is 0.417. The highest BCUT2D eigenvalue weighted by Crippen LogP contribution is 2.37. The minimum Gasteiger partial charge on any atom is -0.535 e. The zero-order chi connectivity index (χ0) is 27.7. The van der Waals surface area contributed by atoms with Crippen LogP contribution in [0.1, 0.15) is 52.3 Å². The van der Waals surface area contributed by atoms with E-state index in [1.165, 1.54) is 11.0 Å². The molecule has 14 heteroatoms. The Kier molecular flexibility index (Phi) is 7.53.